The number of fused-ring (bicyclic) bond motifs is 1. The number of rotatable bonds is 5. The number of nitrogens with one attached hydrogen (secondary N) is 2. The molecule has 3 heterocycles. The van der Waals surface area contributed by atoms with Gasteiger partial charge in [0.15, 0.2) is 0 Å². The molecular formula is C22H23ClF2N6O. The molecule has 2 aromatic heterocycles. The second kappa shape index (κ2) is 7.88. The van der Waals surface area contributed by atoms with Crippen LogP contribution in [0.3, 0.4) is 0 Å². The van der Waals surface area contributed by atoms with Crippen molar-refractivity contribution in [2.24, 2.45) is 5.92 Å². The van der Waals surface area contributed by atoms with E-state index < -0.39 is 18.4 Å². The average Bonchev–Trinajstić information content (AvgIpc) is 3.49. The largest absolute Gasteiger partial charge is 0.367 e. The molecule has 0 bridgehead atoms. The lowest BCUT2D eigenvalue weighted by Crippen LogP contribution is -2.37. The van der Waals surface area contributed by atoms with E-state index in [1.165, 1.54) is 10.9 Å². The SMILES string of the molecule is Cc1nn(-c2ccc(NC(=O)c3cnn4c3N[C@@H](C3CC3)C[C@@H]4C(F)F)cc2)c(C)c1Cl. The predicted octanol–water partition coefficient (Wildman–Crippen LogP) is 4.99. The quantitative estimate of drug-likeness (QED) is 0.562. The molecule has 3 aromatic rings. The molecule has 0 spiro atoms. The minimum Gasteiger partial charge on any atom is -0.367 e. The molecular weight excluding hydrogens is 438 g/mol. The maximum absolute atomic E-state index is 13.6. The summed E-state index contributed by atoms with van der Waals surface area (Å²) in [5.74, 6) is 0.348. The summed E-state index contributed by atoms with van der Waals surface area (Å²) < 4.78 is 30.3. The van der Waals surface area contributed by atoms with Gasteiger partial charge in [0.25, 0.3) is 12.3 Å². The van der Waals surface area contributed by atoms with Gasteiger partial charge in [0.05, 0.1) is 28.3 Å². The van der Waals surface area contributed by atoms with E-state index in [4.69, 9.17) is 11.6 Å². The fourth-order valence-electron chi connectivity index (χ4n) is 4.30. The third kappa shape index (κ3) is 3.64. The summed E-state index contributed by atoms with van der Waals surface area (Å²) >= 11 is 6.23. The van der Waals surface area contributed by atoms with Crippen molar-refractivity contribution >= 4 is 29.0 Å². The predicted molar refractivity (Wildman–Crippen MR) is 118 cm³/mol. The van der Waals surface area contributed by atoms with E-state index in [-0.39, 0.29) is 11.6 Å². The zero-order valence-electron chi connectivity index (χ0n) is 17.6. The molecule has 168 valence electrons. The van der Waals surface area contributed by atoms with Gasteiger partial charge in [0, 0.05) is 11.7 Å². The molecule has 1 aliphatic carbocycles. The van der Waals surface area contributed by atoms with Gasteiger partial charge in [-0.05, 0) is 63.3 Å². The van der Waals surface area contributed by atoms with Crippen LogP contribution in [0.15, 0.2) is 30.5 Å². The first-order valence-electron chi connectivity index (χ1n) is 10.6. The summed E-state index contributed by atoms with van der Waals surface area (Å²) in [6.07, 6.45) is 1.18. The average molecular weight is 461 g/mol. The molecule has 2 atom stereocenters. The van der Waals surface area contributed by atoms with Crippen molar-refractivity contribution in [2.75, 3.05) is 10.6 Å². The van der Waals surface area contributed by atoms with Gasteiger partial charge in [-0.15, -0.1) is 0 Å². The Bertz CT molecular complexity index is 1170. The molecule has 1 amide bonds. The molecule has 5 rings (SSSR count). The Balaban J connectivity index is 1.36. The van der Waals surface area contributed by atoms with Crippen LogP contribution in [0.2, 0.25) is 5.02 Å². The van der Waals surface area contributed by atoms with Crippen LogP contribution in [0.25, 0.3) is 5.69 Å². The van der Waals surface area contributed by atoms with Crippen molar-refractivity contribution in [1.82, 2.24) is 19.6 Å². The number of hydrogen-bond acceptors (Lipinski definition) is 4. The highest BCUT2D eigenvalue weighted by Gasteiger charge is 2.41. The highest BCUT2D eigenvalue weighted by molar-refractivity contribution is 6.31. The van der Waals surface area contributed by atoms with Crippen LogP contribution in [0.5, 0.6) is 0 Å². The molecule has 2 aliphatic rings. The Labute approximate surface area is 188 Å². The van der Waals surface area contributed by atoms with E-state index in [9.17, 15) is 13.6 Å². The number of aryl methyl sites for hydroxylation is 1. The molecule has 1 fully saturated rings. The van der Waals surface area contributed by atoms with Crippen LogP contribution in [0.1, 0.15) is 47.1 Å². The molecule has 10 heteroatoms. The fourth-order valence-corrected chi connectivity index (χ4v) is 4.41. The topological polar surface area (TPSA) is 76.8 Å². The maximum Gasteiger partial charge on any atom is 0.261 e. The van der Waals surface area contributed by atoms with Gasteiger partial charge in [-0.3, -0.25) is 4.79 Å². The zero-order chi connectivity index (χ0) is 22.6. The van der Waals surface area contributed by atoms with Crippen molar-refractivity contribution < 1.29 is 13.6 Å². The molecule has 0 unspecified atom stereocenters. The van der Waals surface area contributed by atoms with E-state index >= 15 is 0 Å². The number of hydrogen-bond donors (Lipinski definition) is 2. The molecule has 1 aliphatic heterocycles. The molecule has 0 radical (unpaired) electrons. The lowest BCUT2D eigenvalue weighted by Gasteiger charge is -2.32. The van der Waals surface area contributed by atoms with Crippen LogP contribution in [-0.2, 0) is 0 Å². The molecule has 0 saturated heterocycles. The normalized spacial score (nSPS) is 20.2. The Morgan fingerprint density at radius 1 is 1.25 bits per heavy atom. The van der Waals surface area contributed by atoms with Crippen molar-refractivity contribution in [1.29, 1.82) is 0 Å². The van der Waals surface area contributed by atoms with Gasteiger partial charge < -0.3 is 10.6 Å². The second-order valence-electron chi connectivity index (χ2n) is 8.47. The van der Waals surface area contributed by atoms with Gasteiger partial charge in [-0.1, -0.05) is 11.6 Å². The van der Waals surface area contributed by atoms with Gasteiger partial charge in [0.2, 0.25) is 0 Å². The number of anilines is 2. The molecule has 2 N–H and O–H groups in total. The minimum atomic E-state index is -2.54. The van der Waals surface area contributed by atoms with E-state index in [0.29, 0.717) is 28.9 Å². The first kappa shape index (κ1) is 20.9. The van der Waals surface area contributed by atoms with Gasteiger partial charge in [-0.25, -0.2) is 18.1 Å². The van der Waals surface area contributed by atoms with Gasteiger partial charge >= 0.3 is 0 Å². The first-order valence-corrected chi connectivity index (χ1v) is 11.0. The minimum absolute atomic E-state index is 0.0587. The van der Waals surface area contributed by atoms with Crippen LogP contribution in [0, 0.1) is 19.8 Å². The van der Waals surface area contributed by atoms with E-state index in [0.717, 1.165) is 29.9 Å². The third-order valence-electron chi connectivity index (χ3n) is 6.23. The number of carbonyl (C=O) groups excluding carboxylic acids is 1. The van der Waals surface area contributed by atoms with E-state index in [1.54, 1.807) is 16.8 Å². The Hall–Kier alpha value is -2.94. The van der Waals surface area contributed by atoms with Crippen LogP contribution < -0.4 is 10.6 Å². The van der Waals surface area contributed by atoms with Gasteiger partial charge in [0.1, 0.15) is 17.4 Å². The maximum atomic E-state index is 13.6. The van der Waals surface area contributed by atoms with Crippen molar-refractivity contribution in [2.45, 2.75) is 51.6 Å². The lowest BCUT2D eigenvalue weighted by molar-refractivity contribution is 0.0644. The second-order valence-corrected chi connectivity index (χ2v) is 8.85. The summed E-state index contributed by atoms with van der Waals surface area (Å²) in [6.45, 7) is 3.73. The van der Waals surface area contributed by atoms with Crippen molar-refractivity contribution in [3.8, 4) is 5.69 Å². The third-order valence-corrected chi connectivity index (χ3v) is 6.77. The number of carbonyl (C=O) groups is 1. The summed E-state index contributed by atoms with van der Waals surface area (Å²) in [4.78, 5) is 12.9. The molecule has 1 saturated carbocycles. The molecule has 32 heavy (non-hydrogen) atoms. The van der Waals surface area contributed by atoms with Crippen LogP contribution >= 0.6 is 11.6 Å². The monoisotopic (exact) mass is 460 g/mol. The van der Waals surface area contributed by atoms with E-state index in [1.807, 2.05) is 26.0 Å². The lowest BCUT2D eigenvalue weighted by atomic mass is 10.00. The fraction of sp³-hybridized carbons (Fsp3) is 0.409. The Morgan fingerprint density at radius 2 is 1.97 bits per heavy atom. The Morgan fingerprint density at radius 3 is 2.56 bits per heavy atom. The standard InChI is InChI=1S/C22H23ClF2N6O/c1-11-19(23)12(2)30(29-11)15-7-5-14(6-8-15)27-22(32)16-10-26-31-18(20(24)25)9-17(13-3-4-13)28-21(16)31/h5-8,10,13,17-18,20,28H,3-4,9H2,1-2H3,(H,27,32)/t17-,18-/m1/s1. The van der Waals surface area contributed by atoms with Crippen molar-refractivity contribution in [3.63, 3.8) is 0 Å². The molecule has 1 aromatic carbocycles. The van der Waals surface area contributed by atoms with Gasteiger partial charge in [-0.2, -0.15) is 10.2 Å². The number of nitrogens with zero attached hydrogens (tertiary/aromatic N) is 4. The highest BCUT2D eigenvalue weighted by Crippen LogP contribution is 2.43. The van der Waals surface area contributed by atoms with Crippen molar-refractivity contribution in [3.05, 3.63) is 52.4 Å². The number of halogens is 3. The summed E-state index contributed by atoms with van der Waals surface area (Å²) in [5.41, 5.74) is 3.22. The summed E-state index contributed by atoms with van der Waals surface area (Å²) in [7, 11) is 0. The van der Waals surface area contributed by atoms with Crippen LogP contribution in [0.4, 0.5) is 20.3 Å². The first-order chi connectivity index (χ1) is 15.3. The number of benzene rings is 1. The Kier molecular flexibility index (Phi) is 5.16. The number of aromatic nitrogens is 4. The highest BCUT2D eigenvalue weighted by atomic mass is 35.5. The smallest absolute Gasteiger partial charge is 0.261 e. The zero-order valence-corrected chi connectivity index (χ0v) is 18.4. The number of amides is 1. The number of alkyl halides is 2. The van der Waals surface area contributed by atoms with E-state index in [2.05, 4.69) is 20.8 Å². The summed E-state index contributed by atoms with van der Waals surface area (Å²) in [6, 6.07) is 6.09. The van der Waals surface area contributed by atoms with Crippen LogP contribution in [-0.4, -0.2) is 37.9 Å². The summed E-state index contributed by atoms with van der Waals surface area (Å²) in [5, 5.41) is 15.3. The molecule has 7 nitrogen and oxygen atoms in total.